The van der Waals surface area contributed by atoms with E-state index in [9.17, 15) is 19.2 Å². The monoisotopic (exact) mass is 424 g/mol. The Balaban J connectivity index is 1.94. The lowest BCUT2D eigenvalue weighted by Gasteiger charge is -2.16. The van der Waals surface area contributed by atoms with Crippen LogP contribution in [0.1, 0.15) is 35.8 Å². The highest BCUT2D eigenvalue weighted by Crippen LogP contribution is 2.18. The van der Waals surface area contributed by atoms with Gasteiger partial charge in [0.1, 0.15) is 0 Å². The number of anilines is 1. The van der Waals surface area contributed by atoms with Gasteiger partial charge >= 0.3 is 11.9 Å². The molecular weight excluding hydrogens is 400 g/mol. The quantitative estimate of drug-likeness (QED) is 0.473. The number of rotatable bonds is 9. The van der Waals surface area contributed by atoms with Crippen molar-refractivity contribution in [2.24, 2.45) is 0 Å². The number of benzene rings is 2. The summed E-state index contributed by atoms with van der Waals surface area (Å²) in [6, 6.07) is 15.7. The minimum atomic E-state index is -0.870. The van der Waals surface area contributed by atoms with Gasteiger partial charge in [-0.25, -0.2) is 9.59 Å². The Kier molecular flexibility index (Phi) is 8.97. The van der Waals surface area contributed by atoms with E-state index in [1.165, 1.54) is 0 Å². The topological polar surface area (TPSA) is 111 Å². The summed E-state index contributed by atoms with van der Waals surface area (Å²) >= 11 is 0. The molecule has 0 aliphatic rings. The average Bonchev–Trinajstić information content (AvgIpc) is 2.77. The second kappa shape index (κ2) is 11.9. The van der Waals surface area contributed by atoms with Gasteiger partial charge in [-0.2, -0.15) is 0 Å². The maximum absolute atomic E-state index is 12.7. The summed E-state index contributed by atoms with van der Waals surface area (Å²) in [7, 11) is 0. The van der Waals surface area contributed by atoms with Gasteiger partial charge in [0.25, 0.3) is 11.8 Å². The van der Waals surface area contributed by atoms with E-state index in [2.05, 4.69) is 15.4 Å². The number of ether oxygens (including phenoxy) is 2. The van der Waals surface area contributed by atoms with Crippen LogP contribution in [0.5, 0.6) is 0 Å². The minimum absolute atomic E-state index is 0.178. The van der Waals surface area contributed by atoms with Gasteiger partial charge in [0.05, 0.1) is 23.9 Å². The van der Waals surface area contributed by atoms with Crippen LogP contribution >= 0.6 is 0 Å². The highest BCUT2D eigenvalue weighted by molar-refractivity contribution is 6.04. The van der Waals surface area contributed by atoms with Crippen LogP contribution in [0.25, 0.3) is 0 Å². The maximum atomic E-state index is 12.7. The summed E-state index contributed by atoms with van der Waals surface area (Å²) in [6.45, 7) is 3.09. The number of amides is 2. The van der Waals surface area contributed by atoms with Gasteiger partial charge in [-0.3, -0.25) is 9.59 Å². The fraction of sp³-hybridized carbons (Fsp3) is 0.217. The molecule has 0 spiro atoms. The van der Waals surface area contributed by atoms with Gasteiger partial charge in [0.15, 0.2) is 6.61 Å². The Morgan fingerprint density at radius 1 is 0.903 bits per heavy atom. The van der Waals surface area contributed by atoms with E-state index < -0.39 is 24.5 Å². The van der Waals surface area contributed by atoms with Crippen molar-refractivity contribution in [3.8, 4) is 0 Å². The molecule has 0 aliphatic heterocycles. The molecule has 0 bridgehead atoms. The van der Waals surface area contributed by atoms with Crippen LogP contribution in [0.2, 0.25) is 0 Å². The Morgan fingerprint density at radius 2 is 1.52 bits per heavy atom. The van der Waals surface area contributed by atoms with Crippen molar-refractivity contribution < 1.29 is 28.7 Å². The predicted octanol–water partition coefficient (Wildman–Crippen LogP) is 2.78. The van der Waals surface area contributed by atoms with Crippen LogP contribution in [-0.2, 0) is 23.9 Å². The molecule has 31 heavy (non-hydrogen) atoms. The van der Waals surface area contributed by atoms with Crippen LogP contribution in [-0.4, -0.2) is 37.0 Å². The smallest absolute Gasteiger partial charge is 0.331 e. The molecule has 1 unspecified atom stereocenters. The number of nitrogens with one attached hydrogen (secondary N) is 2. The molecule has 2 rings (SSSR count). The van der Waals surface area contributed by atoms with E-state index >= 15 is 0 Å². The molecule has 2 aromatic rings. The van der Waals surface area contributed by atoms with E-state index in [0.29, 0.717) is 0 Å². The fourth-order valence-corrected chi connectivity index (χ4v) is 2.59. The highest BCUT2D eigenvalue weighted by Gasteiger charge is 2.16. The second-order valence-electron chi connectivity index (χ2n) is 6.39. The number of carbonyl (C=O) groups excluding carboxylic acids is 4. The van der Waals surface area contributed by atoms with E-state index in [-0.39, 0.29) is 29.8 Å². The SMILES string of the molecule is CCOC(=O)/C=C/C(=O)OCC(=O)Nc1ccccc1C(=O)NC(C)c1ccccc1. The number of hydrogen-bond acceptors (Lipinski definition) is 6. The Bertz CT molecular complexity index is 956. The number of para-hydroxylation sites is 1. The Hall–Kier alpha value is -3.94. The summed E-state index contributed by atoms with van der Waals surface area (Å²) in [5.41, 5.74) is 1.50. The molecule has 0 saturated carbocycles. The first-order valence-electron chi connectivity index (χ1n) is 9.67. The predicted molar refractivity (Wildman–Crippen MR) is 114 cm³/mol. The summed E-state index contributed by atoms with van der Waals surface area (Å²) in [5, 5.41) is 5.44. The maximum Gasteiger partial charge on any atom is 0.331 e. The lowest BCUT2D eigenvalue weighted by Crippen LogP contribution is -2.28. The van der Waals surface area contributed by atoms with Crippen molar-refractivity contribution in [3.05, 3.63) is 77.9 Å². The first-order chi connectivity index (χ1) is 14.9. The Morgan fingerprint density at radius 3 is 2.19 bits per heavy atom. The van der Waals surface area contributed by atoms with Gasteiger partial charge in [0, 0.05) is 12.2 Å². The van der Waals surface area contributed by atoms with Gasteiger partial charge < -0.3 is 20.1 Å². The van der Waals surface area contributed by atoms with Crippen molar-refractivity contribution >= 4 is 29.4 Å². The molecular formula is C23H24N2O6. The van der Waals surface area contributed by atoms with Crippen LogP contribution in [0.15, 0.2) is 66.7 Å². The molecule has 1 atom stereocenters. The lowest BCUT2D eigenvalue weighted by atomic mass is 10.1. The normalized spacial score (nSPS) is 11.4. The lowest BCUT2D eigenvalue weighted by molar-refractivity contribution is -0.143. The van der Waals surface area contributed by atoms with Gasteiger partial charge in [-0.05, 0) is 31.5 Å². The summed E-state index contributed by atoms with van der Waals surface area (Å²) in [5.74, 6) is -2.55. The molecule has 0 radical (unpaired) electrons. The molecule has 0 aliphatic carbocycles. The molecule has 2 N–H and O–H groups in total. The molecule has 0 heterocycles. The Labute approximate surface area is 180 Å². The fourth-order valence-electron chi connectivity index (χ4n) is 2.59. The van der Waals surface area contributed by atoms with E-state index in [4.69, 9.17) is 4.74 Å². The van der Waals surface area contributed by atoms with Crippen molar-refractivity contribution in [1.29, 1.82) is 0 Å². The summed E-state index contributed by atoms with van der Waals surface area (Å²) in [6.07, 6.45) is 1.79. The number of hydrogen-bond donors (Lipinski definition) is 2. The van der Waals surface area contributed by atoms with Crippen molar-refractivity contribution in [1.82, 2.24) is 5.32 Å². The van der Waals surface area contributed by atoms with E-state index in [1.54, 1.807) is 31.2 Å². The summed E-state index contributed by atoms with van der Waals surface area (Å²) in [4.78, 5) is 47.6. The van der Waals surface area contributed by atoms with Crippen molar-refractivity contribution in [3.63, 3.8) is 0 Å². The average molecular weight is 424 g/mol. The molecule has 162 valence electrons. The highest BCUT2D eigenvalue weighted by atomic mass is 16.5. The van der Waals surface area contributed by atoms with Crippen LogP contribution in [0.4, 0.5) is 5.69 Å². The van der Waals surface area contributed by atoms with Crippen LogP contribution in [0.3, 0.4) is 0 Å². The third-order valence-corrected chi connectivity index (χ3v) is 4.08. The molecule has 2 aromatic carbocycles. The second-order valence-corrected chi connectivity index (χ2v) is 6.39. The molecule has 0 aromatic heterocycles. The zero-order chi connectivity index (χ0) is 22.6. The van der Waals surface area contributed by atoms with E-state index in [1.807, 2.05) is 37.3 Å². The zero-order valence-corrected chi connectivity index (χ0v) is 17.3. The largest absolute Gasteiger partial charge is 0.463 e. The molecule has 0 fully saturated rings. The third kappa shape index (κ3) is 7.77. The first-order valence-corrected chi connectivity index (χ1v) is 9.67. The van der Waals surface area contributed by atoms with Crippen LogP contribution in [0, 0.1) is 0 Å². The van der Waals surface area contributed by atoms with Gasteiger partial charge in [-0.1, -0.05) is 42.5 Å². The molecule has 8 nitrogen and oxygen atoms in total. The molecule has 8 heteroatoms. The third-order valence-electron chi connectivity index (χ3n) is 4.08. The number of esters is 2. The minimum Gasteiger partial charge on any atom is -0.463 e. The van der Waals surface area contributed by atoms with E-state index in [0.717, 1.165) is 17.7 Å². The van der Waals surface area contributed by atoms with Crippen molar-refractivity contribution in [2.45, 2.75) is 19.9 Å². The molecule has 0 saturated heterocycles. The molecule has 2 amide bonds. The standard InChI is InChI=1S/C23H24N2O6/c1-3-30-21(27)13-14-22(28)31-15-20(26)25-19-12-8-7-11-18(19)23(29)24-16(2)17-9-5-4-6-10-17/h4-14,16H,3,15H2,1-2H3,(H,24,29)(H,25,26)/b14-13+. The van der Waals surface area contributed by atoms with Gasteiger partial charge in [0.2, 0.25) is 0 Å². The summed E-state index contributed by atoms with van der Waals surface area (Å²) < 4.78 is 9.42. The first kappa shape index (κ1) is 23.3. The number of carbonyl (C=O) groups is 4. The van der Waals surface area contributed by atoms with Gasteiger partial charge in [-0.15, -0.1) is 0 Å². The van der Waals surface area contributed by atoms with Crippen molar-refractivity contribution in [2.75, 3.05) is 18.5 Å². The van der Waals surface area contributed by atoms with Crippen LogP contribution < -0.4 is 10.6 Å². The zero-order valence-electron chi connectivity index (χ0n) is 17.3.